The molecule has 0 radical (unpaired) electrons. The molecule has 0 spiro atoms. The Balaban J connectivity index is 2.23. The number of carbonyl (C=O) groups excluding carboxylic acids is 2. The highest BCUT2D eigenvalue weighted by Gasteiger charge is 2.64. The molecular formula is C9H8O3. The Morgan fingerprint density at radius 2 is 1.58 bits per heavy atom. The lowest BCUT2D eigenvalue weighted by molar-refractivity contribution is -0.174. The molecule has 3 rings (SSSR count). The summed E-state index contributed by atoms with van der Waals surface area (Å²) >= 11 is 0. The zero-order valence-corrected chi connectivity index (χ0v) is 6.50. The van der Waals surface area contributed by atoms with Gasteiger partial charge in [-0.05, 0) is 19.3 Å². The maximum absolute atomic E-state index is 11.3. The molecule has 0 aromatic rings. The van der Waals surface area contributed by atoms with E-state index in [1.54, 1.807) is 0 Å². The largest absolute Gasteiger partial charge is 0.392 e. The van der Waals surface area contributed by atoms with Crippen LogP contribution in [0.4, 0.5) is 0 Å². The van der Waals surface area contributed by atoms with Crippen molar-refractivity contribution in [2.75, 3.05) is 0 Å². The third-order valence-electron chi connectivity index (χ3n) is 3.37. The van der Waals surface area contributed by atoms with Crippen LogP contribution in [0.3, 0.4) is 0 Å². The number of hydrogen-bond donors (Lipinski definition) is 0. The van der Waals surface area contributed by atoms with E-state index in [0.717, 1.165) is 12.8 Å². The zero-order valence-electron chi connectivity index (χ0n) is 6.50. The number of cyclic esters (lactones) is 2. The highest BCUT2D eigenvalue weighted by molar-refractivity contribution is 6.00. The Kier molecular flexibility index (Phi) is 0.794. The molecule has 0 amide bonds. The van der Waals surface area contributed by atoms with Gasteiger partial charge in [0.25, 0.3) is 0 Å². The van der Waals surface area contributed by atoms with Gasteiger partial charge in [-0.2, -0.15) is 0 Å². The van der Waals surface area contributed by atoms with Crippen molar-refractivity contribution in [2.24, 2.45) is 10.8 Å². The Morgan fingerprint density at radius 1 is 1.08 bits per heavy atom. The summed E-state index contributed by atoms with van der Waals surface area (Å²) in [5.74, 6) is -0.677. The van der Waals surface area contributed by atoms with Gasteiger partial charge in [-0.1, -0.05) is 12.2 Å². The van der Waals surface area contributed by atoms with Gasteiger partial charge in [0.2, 0.25) is 0 Å². The smallest absolute Gasteiger partial charge is 0.323 e. The van der Waals surface area contributed by atoms with Crippen LogP contribution in [0.2, 0.25) is 0 Å². The van der Waals surface area contributed by atoms with Crippen molar-refractivity contribution in [2.45, 2.75) is 19.3 Å². The molecule has 2 bridgehead atoms. The van der Waals surface area contributed by atoms with E-state index in [4.69, 9.17) is 4.74 Å². The minimum Gasteiger partial charge on any atom is -0.392 e. The fraction of sp³-hybridized carbons (Fsp3) is 0.556. The predicted molar refractivity (Wildman–Crippen MR) is 39.0 cm³/mol. The molecule has 0 N–H and O–H groups in total. The molecule has 1 aliphatic heterocycles. The Morgan fingerprint density at radius 3 is 2.00 bits per heavy atom. The van der Waals surface area contributed by atoms with Crippen LogP contribution < -0.4 is 0 Å². The molecule has 2 unspecified atom stereocenters. The first kappa shape index (κ1) is 6.40. The first-order chi connectivity index (χ1) is 5.67. The van der Waals surface area contributed by atoms with Crippen LogP contribution in [0.1, 0.15) is 19.3 Å². The van der Waals surface area contributed by atoms with Crippen LogP contribution in [0, 0.1) is 10.8 Å². The normalized spacial score (nSPS) is 48.3. The second-order valence-electron chi connectivity index (χ2n) is 4.00. The number of hydrogen-bond acceptors (Lipinski definition) is 3. The van der Waals surface area contributed by atoms with Gasteiger partial charge in [-0.25, -0.2) is 0 Å². The van der Waals surface area contributed by atoms with Gasteiger partial charge in [0.05, 0.1) is 10.8 Å². The number of carbonyl (C=O) groups is 2. The monoisotopic (exact) mass is 164 g/mol. The summed E-state index contributed by atoms with van der Waals surface area (Å²) in [7, 11) is 0. The van der Waals surface area contributed by atoms with E-state index < -0.39 is 10.8 Å². The fourth-order valence-corrected chi connectivity index (χ4v) is 2.56. The maximum atomic E-state index is 11.3. The minimum absolute atomic E-state index is 0.339. The Labute approximate surface area is 69.4 Å². The Hall–Kier alpha value is -1.12. The summed E-state index contributed by atoms with van der Waals surface area (Å²) in [6.45, 7) is 0. The van der Waals surface area contributed by atoms with Gasteiger partial charge < -0.3 is 4.74 Å². The summed E-state index contributed by atoms with van der Waals surface area (Å²) in [6, 6.07) is 0. The topological polar surface area (TPSA) is 43.4 Å². The van der Waals surface area contributed by atoms with Crippen molar-refractivity contribution < 1.29 is 14.3 Å². The highest BCUT2D eigenvalue weighted by atomic mass is 16.6. The SMILES string of the molecule is O=C1OC(=O)C23C=CC1(CC2)C3. The summed E-state index contributed by atoms with van der Waals surface area (Å²) in [6.07, 6.45) is 5.97. The molecule has 0 aromatic carbocycles. The lowest BCUT2D eigenvalue weighted by Gasteiger charge is -2.25. The molecule has 3 nitrogen and oxygen atoms in total. The van der Waals surface area contributed by atoms with Crippen LogP contribution >= 0.6 is 0 Å². The first-order valence-corrected chi connectivity index (χ1v) is 4.14. The van der Waals surface area contributed by atoms with Crippen LogP contribution in [0.25, 0.3) is 0 Å². The summed E-state index contributed by atoms with van der Waals surface area (Å²) in [4.78, 5) is 22.7. The van der Waals surface area contributed by atoms with Crippen molar-refractivity contribution in [1.29, 1.82) is 0 Å². The van der Waals surface area contributed by atoms with E-state index in [1.165, 1.54) is 0 Å². The van der Waals surface area contributed by atoms with E-state index in [0.29, 0.717) is 6.42 Å². The predicted octanol–water partition coefficient (Wildman–Crippen LogP) is 0.796. The molecular weight excluding hydrogens is 156 g/mol. The molecule has 62 valence electrons. The standard InChI is InChI=1S/C9H8O3/c10-6-8-1-2-9(5-8,4-3-8)7(11)12-6/h1-2H,3-5H2. The van der Waals surface area contributed by atoms with Crippen LogP contribution in [0.5, 0.6) is 0 Å². The van der Waals surface area contributed by atoms with Gasteiger partial charge in [0, 0.05) is 0 Å². The number of rotatable bonds is 0. The molecule has 0 aromatic heterocycles. The highest BCUT2D eigenvalue weighted by Crippen LogP contribution is 2.60. The van der Waals surface area contributed by atoms with Crippen molar-refractivity contribution >= 4 is 11.9 Å². The molecule has 1 saturated carbocycles. The van der Waals surface area contributed by atoms with Crippen molar-refractivity contribution in [3.63, 3.8) is 0 Å². The van der Waals surface area contributed by atoms with Crippen molar-refractivity contribution in [3.8, 4) is 0 Å². The molecule has 2 atom stereocenters. The number of ether oxygens (including phenoxy) is 1. The van der Waals surface area contributed by atoms with E-state index >= 15 is 0 Å². The summed E-state index contributed by atoms with van der Waals surface area (Å²) in [5, 5.41) is 0. The third-order valence-corrected chi connectivity index (χ3v) is 3.37. The summed E-state index contributed by atoms with van der Waals surface area (Å²) < 4.78 is 4.70. The quantitative estimate of drug-likeness (QED) is 0.302. The Bertz CT molecular complexity index is 301. The maximum Gasteiger partial charge on any atom is 0.323 e. The fourth-order valence-electron chi connectivity index (χ4n) is 2.56. The van der Waals surface area contributed by atoms with E-state index in [1.807, 2.05) is 12.2 Å². The van der Waals surface area contributed by atoms with Gasteiger partial charge in [0.1, 0.15) is 0 Å². The first-order valence-electron chi connectivity index (χ1n) is 4.14. The second-order valence-corrected chi connectivity index (χ2v) is 4.00. The van der Waals surface area contributed by atoms with Crippen LogP contribution in [-0.4, -0.2) is 11.9 Å². The molecule has 2 aliphatic carbocycles. The van der Waals surface area contributed by atoms with Gasteiger partial charge in [0.15, 0.2) is 0 Å². The average molecular weight is 164 g/mol. The molecule has 1 saturated heterocycles. The minimum atomic E-state index is -0.423. The zero-order chi connectivity index (χ0) is 8.40. The van der Waals surface area contributed by atoms with Crippen molar-refractivity contribution in [3.05, 3.63) is 12.2 Å². The van der Waals surface area contributed by atoms with Gasteiger partial charge >= 0.3 is 11.9 Å². The van der Waals surface area contributed by atoms with Gasteiger partial charge in [-0.3, -0.25) is 9.59 Å². The van der Waals surface area contributed by atoms with E-state index in [-0.39, 0.29) is 11.9 Å². The molecule has 3 aliphatic rings. The summed E-state index contributed by atoms with van der Waals surface area (Å²) in [5.41, 5.74) is -0.845. The van der Waals surface area contributed by atoms with E-state index in [9.17, 15) is 9.59 Å². The second kappa shape index (κ2) is 1.49. The van der Waals surface area contributed by atoms with Crippen molar-refractivity contribution in [1.82, 2.24) is 0 Å². The third kappa shape index (κ3) is 0.453. The lowest BCUT2D eigenvalue weighted by Crippen LogP contribution is -2.38. The molecule has 3 heteroatoms. The number of esters is 2. The average Bonchev–Trinajstić information content (AvgIpc) is 2.56. The van der Waals surface area contributed by atoms with E-state index in [2.05, 4.69) is 0 Å². The molecule has 12 heavy (non-hydrogen) atoms. The molecule has 2 fully saturated rings. The van der Waals surface area contributed by atoms with Crippen LogP contribution in [-0.2, 0) is 14.3 Å². The van der Waals surface area contributed by atoms with Gasteiger partial charge in [-0.15, -0.1) is 0 Å². The lowest BCUT2D eigenvalue weighted by atomic mass is 9.85. The van der Waals surface area contributed by atoms with Crippen LogP contribution in [0.15, 0.2) is 12.2 Å². The molecule has 1 heterocycles.